The fourth-order valence-corrected chi connectivity index (χ4v) is 0.679. The van der Waals surface area contributed by atoms with Gasteiger partial charge in [0, 0.05) is 12.6 Å². The van der Waals surface area contributed by atoms with Gasteiger partial charge in [-0.2, -0.15) is 13.2 Å². The molecule has 0 aromatic rings. The SMILES string of the molecule is CNC(C)CNC(=O)COCC(F)(F)F. The number of likely N-dealkylation sites (N-methyl/N-ethyl adjacent to an activating group) is 1. The molecule has 0 aromatic heterocycles. The Hall–Kier alpha value is -0.820. The van der Waals surface area contributed by atoms with Crippen molar-refractivity contribution in [3.05, 3.63) is 0 Å². The van der Waals surface area contributed by atoms with Gasteiger partial charge in [-0.25, -0.2) is 0 Å². The first-order valence-electron chi connectivity index (χ1n) is 4.43. The normalized spacial score (nSPS) is 13.7. The third kappa shape index (κ3) is 9.48. The van der Waals surface area contributed by atoms with Crippen LogP contribution in [0.2, 0.25) is 0 Å². The number of alkyl halides is 3. The average Bonchev–Trinajstić information content (AvgIpc) is 2.12. The van der Waals surface area contributed by atoms with E-state index < -0.39 is 25.3 Å². The number of ether oxygens (including phenoxy) is 1. The molecule has 0 aliphatic carbocycles. The van der Waals surface area contributed by atoms with E-state index >= 15 is 0 Å². The number of halogens is 3. The Morgan fingerprint density at radius 3 is 2.53 bits per heavy atom. The van der Waals surface area contributed by atoms with Crippen molar-refractivity contribution in [2.24, 2.45) is 0 Å². The van der Waals surface area contributed by atoms with Gasteiger partial charge in [-0.15, -0.1) is 0 Å². The summed E-state index contributed by atoms with van der Waals surface area (Å²) in [5, 5.41) is 5.29. The second kappa shape index (κ2) is 6.62. The Morgan fingerprint density at radius 2 is 2.07 bits per heavy atom. The van der Waals surface area contributed by atoms with Gasteiger partial charge < -0.3 is 15.4 Å². The first-order chi connectivity index (χ1) is 6.85. The summed E-state index contributed by atoms with van der Waals surface area (Å²) in [6.07, 6.45) is -4.39. The molecule has 1 atom stereocenters. The van der Waals surface area contributed by atoms with Crippen LogP contribution in [0.1, 0.15) is 6.92 Å². The lowest BCUT2D eigenvalue weighted by molar-refractivity contribution is -0.175. The summed E-state index contributed by atoms with van der Waals surface area (Å²) in [7, 11) is 1.72. The molecule has 90 valence electrons. The summed E-state index contributed by atoms with van der Waals surface area (Å²) in [6.45, 7) is 0.208. The van der Waals surface area contributed by atoms with Gasteiger partial charge in [0.1, 0.15) is 13.2 Å². The van der Waals surface area contributed by atoms with Gasteiger partial charge in [0.2, 0.25) is 5.91 Å². The minimum absolute atomic E-state index is 0.0663. The monoisotopic (exact) mass is 228 g/mol. The molecular weight excluding hydrogens is 213 g/mol. The summed E-state index contributed by atoms with van der Waals surface area (Å²) < 4.78 is 39.0. The van der Waals surface area contributed by atoms with Crippen LogP contribution in [0.25, 0.3) is 0 Å². The molecule has 0 saturated carbocycles. The molecule has 0 spiro atoms. The third-order valence-electron chi connectivity index (χ3n) is 1.60. The van der Waals surface area contributed by atoms with Crippen molar-refractivity contribution in [3.8, 4) is 0 Å². The van der Waals surface area contributed by atoms with Gasteiger partial charge in [-0.3, -0.25) is 4.79 Å². The molecule has 0 aromatic carbocycles. The Balaban J connectivity index is 3.50. The molecule has 0 saturated heterocycles. The lowest BCUT2D eigenvalue weighted by atomic mass is 10.3. The highest BCUT2D eigenvalue weighted by Gasteiger charge is 2.27. The van der Waals surface area contributed by atoms with E-state index in [0.29, 0.717) is 6.54 Å². The van der Waals surface area contributed by atoms with Gasteiger partial charge in [0.25, 0.3) is 0 Å². The van der Waals surface area contributed by atoms with E-state index in [-0.39, 0.29) is 6.04 Å². The van der Waals surface area contributed by atoms with Gasteiger partial charge >= 0.3 is 6.18 Å². The topological polar surface area (TPSA) is 50.4 Å². The summed E-state index contributed by atoms with van der Waals surface area (Å²) >= 11 is 0. The van der Waals surface area contributed by atoms with Crippen molar-refractivity contribution in [2.45, 2.75) is 19.1 Å². The largest absolute Gasteiger partial charge is 0.411 e. The summed E-state index contributed by atoms with van der Waals surface area (Å²) in [4.78, 5) is 10.9. The maximum absolute atomic E-state index is 11.6. The van der Waals surface area contributed by atoms with Crippen LogP contribution in [0.4, 0.5) is 13.2 Å². The second-order valence-electron chi connectivity index (χ2n) is 3.10. The van der Waals surface area contributed by atoms with Crippen molar-refractivity contribution >= 4 is 5.91 Å². The molecule has 15 heavy (non-hydrogen) atoms. The number of amides is 1. The van der Waals surface area contributed by atoms with Gasteiger partial charge in [-0.05, 0) is 14.0 Å². The van der Waals surface area contributed by atoms with Crippen LogP contribution in [0, 0.1) is 0 Å². The molecule has 0 aliphatic rings. The standard InChI is InChI=1S/C8H15F3N2O2/c1-6(12-2)3-13-7(14)4-15-5-8(9,10)11/h6,12H,3-5H2,1-2H3,(H,13,14). The Kier molecular flexibility index (Phi) is 6.26. The van der Waals surface area contributed by atoms with Crippen LogP contribution in [0.15, 0.2) is 0 Å². The zero-order valence-corrected chi connectivity index (χ0v) is 8.65. The van der Waals surface area contributed by atoms with E-state index in [4.69, 9.17) is 0 Å². The van der Waals surface area contributed by atoms with Gasteiger partial charge in [0.05, 0.1) is 0 Å². The van der Waals surface area contributed by atoms with Crippen LogP contribution in [-0.2, 0) is 9.53 Å². The number of carbonyl (C=O) groups is 1. The molecule has 7 heteroatoms. The highest BCUT2D eigenvalue weighted by atomic mass is 19.4. The van der Waals surface area contributed by atoms with E-state index in [1.165, 1.54) is 0 Å². The number of nitrogens with one attached hydrogen (secondary N) is 2. The van der Waals surface area contributed by atoms with Crippen molar-refractivity contribution in [1.29, 1.82) is 0 Å². The lowest BCUT2D eigenvalue weighted by Gasteiger charge is -2.12. The summed E-state index contributed by atoms with van der Waals surface area (Å²) in [6, 6.07) is 0.0663. The van der Waals surface area contributed by atoms with E-state index in [1.54, 1.807) is 7.05 Å². The molecule has 0 aliphatic heterocycles. The molecule has 0 fully saturated rings. The fraction of sp³-hybridized carbons (Fsp3) is 0.875. The number of hydrogen-bond acceptors (Lipinski definition) is 3. The molecule has 0 bridgehead atoms. The Bertz CT molecular complexity index is 197. The highest BCUT2D eigenvalue weighted by molar-refractivity contribution is 5.77. The highest BCUT2D eigenvalue weighted by Crippen LogP contribution is 2.13. The van der Waals surface area contributed by atoms with Crippen LogP contribution in [0.3, 0.4) is 0 Å². The molecule has 0 radical (unpaired) electrons. The summed E-state index contributed by atoms with van der Waals surface area (Å²) in [5.74, 6) is -0.554. The Morgan fingerprint density at radius 1 is 1.47 bits per heavy atom. The minimum atomic E-state index is -4.39. The number of hydrogen-bond donors (Lipinski definition) is 2. The Labute approximate surface area is 86.2 Å². The molecular formula is C8H15F3N2O2. The second-order valence-corrected chi connectivity index (χ2v) is 3.10. The smallest absolute Gasteiger partial charge is 0.362 e. The maximum Gasteiger partial charge on any atom is 0.411 e. The predicted octanol–water partition coefficient (Wildman–Crippen LogP) is 0.289. The van der Waals surface area contributed by atoms with Gasteiger partial charge in [0.15, 0.2) is 0 Å². The van der Waals surface area contributed by atoms with E-state index in [9.17, 15) is 18.0 Å². The number of rotatable bonds is 6. The first kappa shape index (κ1) is 14.2. The van der Waals surface area contributed by atoms with Crippen molar-refractivity contribution in [2.75, 3.05) is 26.8 Å². The van der Waals surface area contributed by atoms with E-state index in [2.05, 4.69) is 15.4 Å². The van der Waals surface area contributed by atoms with E-state index in [0.717, 1.165) is 0 Å². The average molecular weight is 228 g/mol. The first-order valence-corrected chi connectivity index (χ1v) is 4.43. The van der Waals surface area contributed by atoms with E-state index in [1.807, 2.05) is 6.92 Å². The summed E-state index contributed by atoms with van der Waals surface area (Å²) in [5.41, 5.74) is 0. The zero-order valence-electron chi connectivity index (χ0n) is 8.65. The van der Waals surface area contributed by atoms with Crippen molar-refractivity contribution in [1.82, 2.24) is 10.6 Å². The van der Waals surface area contributed by atoms with Crippen LogP contribution >= 0.6 is 0 Å². The van der Waals surface area contributed by atoms with Crippen LogP contribution in [-0.4, -0.2) is 44.9 Å². The molecule has 2 N–H and O–H groups in total. The molecule has 4 nitrogen and oxygen atoms in total. The predicted molar refractivity (Wildman–Crippen MR) is 48.4 cm³/mol. The molecule has 1 unspecified atom stereocenters. The lowest BCUT2D eigenvalue weighted by Crippen LogP contribution is -2.39. The maximum atomic E-state index is 11.6. The van der Waals surface area contributed by atoms with Crippen molar-refractivity contribution < 1.29 is 22.7 Å². The minimum Gasteiger partial charge on any atom is -0.362 e. The molecule has 0 rings (SSSR count). The molecule has 0 heterocycles. The third-order valence-corrected chi connectivity index (χ3v) is 1.60. The van der Waals surface area contributed by atoms with Crippen LogP contribution < -0.4 is 10.6 Å². The fourth-order valence-electron chi connectivity index (χ4n) is 0.679. The quantitative estimate of drug-likeness (QED) is 0.687. The van der Waals surface area contributed by atoms with Gasteiger partial charge in [-0.1, -0.05) is 0 Å². The zero-order chi connectivity index (χ0) is 11.9. The van der Waals surface area contributed by atoms with Crippen molar-refractivity contribution in [3.63, 3.8) is 0 Å². The number of carbonyl (C=O) groups excluding carboxylic acids is 1. The molecule has 1 amide bonds. The van der Waals surface area contributed by atoms with Crippen LogP contribution in [0.5, 0.6) is 0 Å².